The summed E-state index contributed by atoms with van der Waals surface area (Å²) in [5.74, 6) is -1.25. The summed E-state index contributed by atoms with van der Waals surface area (Å²) in [6.45, 7) is 0. The number of halogens is 2. The lowest BCUT2D eigenvalue weighted by Gasteiger charge is -2.03. The molecule has 0 spiro atoms. The number of nitrogens with zero attached hydrogens (tertiary/aromatic N) is 2. The molecule has 0 aliphatic heterocycles. The van der Waals surface area contributed by atoms with Crippen LogP contribution in [0.2, 0.25) is 10.0 Å². The average Bonchev–Trinajstić information content (AvgIpc) is 3.04. The monoisotopic (exact) mass is 411 g/mol. The van der Waals surface area contributed by atoms with Crippen molar-refractivity contribution in [3.63, 3.8) is 0 Å². The van der Waals surface area contributed by atoms with Gasteiger partial charge in [0.1, 0.15) is 5.75 Å². The smallest absolute Gasteiger partial charge is 0.322 e. The number of hydrogen-bond donors (Lipinski definition) is 1. The van der Waals surface area contributed by atoms with Crippen LogP contribution in [0, 0.1) is 0 Å². The maximum atomic E-state index is 12.3. The lowest BCUT2D eigenvalue weighted by molar-refractivity contribution is 0.102. The normalized spacial score (nSPS) is 11.3. The zero-order valence-electron chi connectivity index (χ0n) is 13.0. The number of sulfone groups is 1. The van der Waals surface area contributed by atoms with E-state index in [0.29, 0.717) is 5.02 Å². The Balaban J connectivity index is 1.74. The van der Waals surface area contributed by atoms with Crippen LogP contribution in [-0.2, 0) is 15.6 Å². The summed E-state index contributed by atoms with van der Waals surface area (Å²) >= 11 is 11.8. The van der Waals surface area contributed by atoms with Gasteiger partial charge in [-0.05, 0) is 30.3 Å². The number of amides is 1. The van der Waals surface area contributed by atoms with E-state index in [9.17, 15) is 13.2 Å². The third-order valence-electron chi connectivity index (χ3n) is 3.28. The highest BCUT2D eigenvalue weighted by atomic mass is 35.5. The Morgan fingerprint density at radius 2 is 1.81 bits per heavy atom. The molecule has 2 aromatic carbocycles. The third kappa shape index (κ3) is 4.21. The first-order valence-corrected chi connectivity index (χ1v) is 9.62. The quantitative estimate of drug-likeness (QED) is 0.687. The van der Waals surface area contributed by atoms with Gasteiger partial charge in [0.05, 0.1) is 15.5 Å². The number of benzene rings is 2. The minimum absolute atomic E-state index is 0.121. The molecule has 10 heteroatoms. The summed E-state index contributed by atoms with van der Waals surface area (Å²) < 4.78 is 29.8. The number of carbonyl (C=O) groups is 1. The molecule has 0 fully saturated rings. The van der Waals surface area contributed by atoms with Crippen LogP contribution in [0.15, 0.2) is 57.8 Å². The van der Waals surface area contributed by atoms with E-state index < -0.39 is 21.5 Å². The summed E-state index contributed by atoms with van der Waals surface area (Å²) in [7, 11) is -3.64. The van der Waals surface area contributed by atoms with Crippen molar-refractivity contribution in [2.75, 3.05) is 5.32 Å². The first-order chi connectivity index (χ1) is 12.3. The van der Waals surface area contributed by atoms with Crippen LogP contribution in [0.25, 0.3) is 0 Å². The predicted octanol–water partition coefficient (Wildman–Crippen LogP) is 3.60. The van der Waals surface area contributed by atoms with Gasteiger partial charge in [-0.3, -0.25) is 10.1 Å². The van der Waals surface area contributed by atoms with Crippen LogP contribution >= 0.6 is 23.2 Å². The van der Waals surface area contributed by atoms with Gasteiger partial charge >= 0.3 is 6.01 Å². The van der Waals surface area contributed by atoms with Gasteiger partial charge in [-0.1, -0.05) is 46.5 Å². The number of hydrogen-bond acceptors (Lipinski definition) is 6. The molecule has 0 aliphatic rings. The van der Waals surface area contributed by atoms with Crippen LogP contribution in [0.4, 0.5) is 6.01 Å². The number of rotatable bonds is 5. The zero-order chi connectivity index (χ0) is 18.7. The van der Waals surface area contributed by atoms with E-state index in [1.807, 2.05) is 0 Å². The van der Waals surface area contributed by atoms with E-state index in [-0.39, 0.29) is 27.4 Å². The number of anilines is 1. The molecular weight excluding hydrogens is 401 g/mol. The van der Waals surface area contributed by atoms with Gasteiger partial charge in [0.25, 0.3) is 5.91 Å². The third-order valence-corrected chi connectivity index (χ3v) is 5.46. The number of carbonyl (C=O) groups excluding carboxylic acids is 1. The molecule has 1 N–H and O–H groups in total. The van der Waals surface area contributed by atoms with E-state index in [0.717, 1.165) is 0 Å². The van der Waals surface area contributed by atoms with Crippen molar-refractivity contribution in [2.45, 2.75) is 10.6 Å². The molecule has 26 heavy (non-hydrogen) atoms. The lowest BCUT2D eigenvalue weighted by atomic mass is 10.2. The Bertz CT molecular complexity index is 1050. The number of aromatic nitrogens is 2. The average molecular weight is 412 g/mol. The minimum Gasteiger partial charge on any atom is -0.407 e. The first-order valence-electron chi connectivity index (χ1n) is 7.22. The predicted molar refractivity (Wildman–Crippen MR) is 96.0 cm³/mol. The molecule has 1 heterocycles. The maximum Gasteiger partial charge on any atom is 0.322 e. The molecule has 0 saturated carbocycles. The summed E-state index contributed by atoms with van der Waals surface area (Å²) in [5.41, 5.74) is 0.121. The second-order valence-corrected chi connectivity index (χ2v) is 7.98. The van der Waals surface area contributed by atoms with Gasteiger partial charge in [0, 0.05) is 5.02 Å². The summed E-state index contributed by atoms with van der Waals surface area (Å²) in [4.78, 5) is 12.3. The van der Waals surface area contributed by atoms with E-state index in [4.69, 9.17) is 27.6 Å². The van der Waals surface area contributed by atoms with Crippen molar-refractivity contribution < 1.29 is 17.6 Å². The molecule has 0 saturated heterocycles. The molecule has 0 unspecified atom stereocenters. The first kappa shape index (κ1) is 18.4. The van der Waals surface area contributed by atoms with Crippen LogP contribution in [0.3, 0.4) is 0 Å². The van der Waals surface area contributed by atoms with Crippen LogP contribution in [0.1, 0.15) is 16.2 Å². The summed E-state index contributed by atoms with van der Waals surface area (Å²) in [6, 6.07) is 12.0. The molecule has 0 aliphatic carbocycles. The van der Waals surface area contributed by atoms with Crippen LogP contribution in [0.5, 0.6) is 0 Å². The molecule has 3 rings (SSSR count). The van der Waals surface area contributed by atoms with Gasteiger partial charge in [0.15, 0.2) is 9.84 Å². The highest BCUT2D eigenvalue weighted by Crippen LogP contribution is 2.22. The second kappa shape index (κ2) is 7.45. The largest absolute Gasteiger partial charge is 0.407 e. The lowest BCUT2D eigenvalue weighted by Crippen LogP contribution is -2.12. The van der Waals surface area contributed by atoms with Gasteiger partial charge in [-0.15, -0.1) is 5.10 Å². The highest BCUT2D eigenvalue weighted by Gasteiger charge is 2.20. The van der Waals surface area contributed by atoms with Crippen molar-refractivity contribution >= 4 is 45.0 Å². The van der Waals surface area contributed by atoms with Gasteiger partial charge in [-0.25, -0.2) is 8.42 Å². The summed E-state index contributed by atoms with van der Waals surface area (Å²) in [5, 5.41) is 10.1. The van der Waals surface area contributed by atoms with E-state index in [2.05, 4.69) is 15.5 Å². The van der Waals surface area contributed by atoms with Crippen molar-refractivity contribution in [2.24, 2.45) is 0 Å². The highest BCUT2D eigenvalue weighted by molar-refractivity contribution is 7.90. The van der Waals surface area contributed by atoms with Crippen LogP contribution in [-0.4, -0.2) is 24.5 Å². The Hall–Kier alpha value is -2.42. The van der Waals surface area contributed by atoms with E-state index >= 15 is 0 Å². The molecule has 0 atom stereocenters. The summed E-state index contributed by atoms with van der Waals surface area (Å²) in [6.07, 6.45) is 0. The molecule has 0 radical (unpaired) electrons. The van der Waals surface area contributed by atoms with Gasteiger partial charge in [0.2, 0.25) is 5.89 Å². The molecule has 0 bridgehead atoms. The standard InChI is InChI=1S/C16H11Cl2N3O4S/c17-10-6-7-13(18)12(8-10)15(22)19-16-21-20-14(25-16)9-26(23,24)11-4-2-1-3-5-11/h1-8H,9H2,(H,19,21,22). The minimum atomic E-state index is -3.64. The van der Waals surface area contributed by atoms with E-state index in [1.54, 1.807) is 24.3 Å². The zero-order valence-corrected chi connectivity index (χ0v) is 15.3. The molecule has 1 aromatic heterocycles. The molecule has 134 valence electrons. The van der Waals surface area contributed by atoms with Crippen molar-refractivity contribution in [1.82, 2.24) is 10.2 Å². The fraction of sp³-hybridized carbons (Fsp3) is 0.0625. The van der Waals surface area contributed by atoms with Crippen LogP contribution < -0.4 is 5.32 Å². The van der Waals surface area contributed by atoms with Gasteiger partial charge < -0.3 is 4.42 Å². The molecule has 3 aromatic rings. The SMILES string of the molecule is O=C(Nc1nnc(CS(=O)(=O)c2ccccc2)o1)c1cc(Cl)ccc1Cl. The molecular formula is C16H11Cl2N3O4S. The Kier molecular flexibility index (Phi) is 5.26. The molecule has 1 amide bonds. The number of nitrogens with one attached hydrogen (secondary N) is 1. The topological polar surface area (TPSA) is 102 Å². The van der Waals surface area contributed by atoms with Crippen molar-refractivity contribution in [3.8, 4) is 0 Å². The fourth-order valence-electron chi connectivity index (χ4n) is 2.07. The fourth-order valence-corrected chi connectivity index (χ4v) is 3.63. The van der Waals surface area contributed by atoms with Gasteiger partial charge in [-0.2, -0.15) is 0 Å². The maximum absolute atomic E-state index is 12.3. The Morgan fingerprint density at radius 1 is 1.08 bits per heavy atom. The van der Waals surface area contributed by atoms with Crippen molar-refractivity contribution in [3.05, 3.63) is 70.0 Å². The second-order valence-electron chi connectivity index (χ2n) is 5.15. The Morgan fingerprint density at radius 3 is 2.54 bits per heavy atom. The van der Waals surface area contributed by atoms with E-state index in [1.165, 1.54) is 24.3 Å². The Labute approximate surface area is 158 Å². The molecule has 7 nitrogen and oxygen atoms in total. The van der Waals surface area contributed by atoms with Crippen molar-refractivity contribution in [1.29, 1.82) is 0 Å².